The minimum absolute atomic E-state index is 0.197. The Bertz CT molecular complexity index is 807. The summed E-state index contributed by atoms with van der Waals surface area (Å²) in [6.07, 6.45) is -3.91. The number of alkyl halides is 3. The van der Waals surface area contributed by atoms with Crippen LogP contribution in [0.15, 0.2) is 48.5 Å². The van der Waals surface area contributed by atoms with Gasteiger partial charge < -0.3 is 10.2 Å². The number of hydrogen-bond donors (Lipinski definition) is 1. The van der Waals surface area contributed by atoms with Crippen LogP contribution in [0.3, 0.4) is 0 Å². The summed E-state index contributed by atoms with van der Waals surface area (Å²) in [4.78, 5) is 25.3. The lowest BCUT2D eigenvalue weighted by molar-refractivity contribution is -0.137. The number of halogens is 4. The predicted molar refractivity (Wildman–Crippen MR) is 97.5 cm³/mol. The van der Waals surface area contributed by atoms with Crippen molar-refractivity contribution in [2.45, 2.75) is 19.5 Å². The Kier molecular flexibility index (Phi) is 6.85. The molecule has 4 nitrogen and oxygen atoms in total. The molecule has 0 aliphatic rings. The van der Waals surface area contributed by atoms with E-state index in [1.165, 1.54) is 24.0 Å². The molecule has 2 rings (SSSR count). The number of nitrogens with zero attached hydrogens (tertiary/aromatic N) is 1. The summed E-state index contributed by atoms with van der Waals surface area (Å²) in [5.74, 6) is -0.768. The molecule has 144 valence electrons. The average molecular weight is 399 g/mol. The van der Waals surface area contributed by atoms with Crippen LogP contribution >= 0.6 is 11.6 Å². The van der Waals surface area contributed by atoms with Crippen LogP contribution in [0.1, 0.15) is 18.1 Å². The molecule has 8 heteroatoms. The number of rotatable bonds is 6. The molecule has 27 heavy (non-hydrogen) atoms. The molecule has 0 saturated heterocycles. The molecular weight excluding hydrogens is 381 g/mol. The summed E-state index contributed by atoms with van der Waals surface area (Å²) < 4.78 is 37.7. The van der Waals surface area contributed by atoms with E-state index in [0.29, 0.717) is 18.0 Å². The largest absolute Gasteiger partial charge is 0.416 e. The molecule has 0 aliphatic heterocycles. The molecule has 2 amide bonds. The Morgan fingerprint density at radius 3 is 2.33 bits per heavy atom. The Morgan fingerprint density at radius 1 is 1.11 bits per heavy atom. The zero-order valence-corrected chi connectivity index (χ0v) is 15.3. The zero-order valence-electron chi connectivity index (χ0n) is 14.5. The molecule has 0 aliphatic carbocycles. The highest BCUT2D eigenvalue weighted by Crippen LogP contribution is 2.29. The van der Waals surface area contributed by atoms with Crippen molar-refractivity contribution in [2.75, 3.05) is 18.4 Å². The quantitative estimate of drug-likeness (QED) is 0.784. The maximum atomic E-state index is 12.6. The van der Waals surface area contributed by atoms with Gasteiger partial charge in [-0.15, -0.1) is 0 Å². The van der Waals surface area contributed by atoms with Crippen molar-refractivity contribution in [3.8, 4) is 0 Å². The van der Waals surface area contributed by atoms with Crippen LogP contribution in [0.4, 0.5) is 18.9 Å². The lowest BCUT2D eigenvalue weighted by Crippen LogP contribution is -2.38. The Morgan fingerprint density at radius 2 is 1.78 bits per heavy atom. The summed E-state index contributed by atoms with van der Waals surface area (Å²) in [7, 11) is 0. The maximum Gasteiger partial charge on any atom is 0.416 e. The van der Waals surface area contributed by atoms with E-state index in [2.05, 4.69) is 5.32 Å². The van der Waals surface area contributed by atoms with Crippen molar-refractivity contribution in [1.29, 1.82) is 0 Å². The van der Waals surface area contributed by atoms with Crippen molar-refractivity contribution < 1.29 is 22.8 Å². The van der Waals surface area contributed by atoms with Gasteiger partial charge in [-0.3, -0.25) is 9.59 Å². The van der Waals surface area contributed by atoms with E-state index in [-0.39, 0.29) is 18.1 Å². The van der Waals surface area contributed by atoms with E-state index >= 15 is 0 Å². The van der Waals surface area contributed by atoms with Crippen LogP contribution in [0.2, 0.25) is 5.02 Å². The number of carbonyl (C=O) groups excluding carboxylic acids is 2. The van der Waals surface area contributed by atoms with Gasteiger partial charge in [0.2, 0.25) is 11.8 Å². The van der Waals surface area contributed by atoms with Crippen molar-refractivity contribution in [2.24, 2.45) is 0 Å². The fourth-order valence-corrected chi connectivity index (χ4v) is 2.63. The standard InChI is InChI=1S/C19H18ClF3N2O2/c1-13(26)25(10-9-14-3-2-4-16(20)11-14)12-18(27)24-17-7-5-15(6-8-17)19(21,22)23/h2-8,11H,9-10,12H2,1H3,(H,24,27). The van der Waals surface area contributed by atoms with Crippen LogP contribution in [0.25, 0.3) is 0 Å². The van der Waals surface area contributed by atoms with E-state index < -0.39 is 17.6 Å². The number of nitrogens with one attached hydrogen (secondary N) is 1. The molecule has 0 fully saturated rings. The molecule has 2 aromatic carbocycles. The van der Waals surface area contributed by atoms with Crippen LogP contribution in [0, 0.1) is 0 Å². The van der Waals surface area contributed by atoms with Gasteiger partial charge in [-0.05, 0) is 48.4 Å². The fraction of sp³-hybridized carbons (Fsp3) is 0.263. The van der Waals surface area contributed by atoms with Gasteiger partial charge in [0.1, 0.15) is 0 Å². The zero-order chi connectivity index (χ0) is 20.0. The third-order valence-corrected chi connectivity index (χ3v) is 4.07. The minimum atomic E-state index is -4.44. The van der Waals surface area contributed by atoms with Gasteiger partial charge in [0.25, 0.3) is 0 Å². The van der Waals surface area contributed by atoms with Gasteiger partial charge in [0, 0.05) is 24.2 Å². The molecule has 0 heterocycles. The van der Waals surface area contributed by atoms with E-state index in [1.807, 2.05) is 6.07 Å². The van der Waals surface area contributed by atoms with E-state index in [1.54, 1.807) is 18.2 Å². The number of carbonyl (C=O) groups is 2. The van der Waals surface area contributed by atoms with Gasteiger partial charge in [-0.2, -0.15) is 13.2 Å². The summed E-state index contributed by atoms with van der Waals surface area (Å²) in [5.41, 5.74) is 0.357. The smallest absolute Gasteiger partial charge is 0.333 e. The van der Waals surface area contributed by atoms with Gasteiger partial charge in [0.15, 0.2) is 0 Å². The molecule has 0 bridgehead atoms. The van der Waals surface area contributed by atoms with Gasteiger partial charge in [0.05, 0.1) is 12.1 Å². The Balaban J connectivity index is 1.93. The predicted octanol–water partition coefficient (Wildman–Crippen LogP) is 4.39. The number of benzene rings is 2. The summed E-state index contributed by atoms with van der Waals surface area (Å²) in [5, 5.41) is 3.08. The van der Waals surface area contributed by atoms with Crippen LogP contribution in [0.5, 0.6) is 0 Å². The highest BCUT2D eigenvalue weighted by atomic mass is 35.5. The molecule has 0 unspecified atom stereocenters. The third kappa shape index (κ3) is 6.60. The second-order valence-electron chi connectivity index (χ2n) is 5.94. The van der Waals surface area contributed by atoms with E-state index in [4.69, 9.17) is 11.6 Å². The molecule has 0 spiro atoms. The normalized spacial score (nSPS) is 11.1. The SMILES string of the molecule is CC(=O)N(CCc1cccc(Cl)c1)CC(=O)Nc1ccc(C(F)(F)F)cc1. The molecule has 0 aromatic heterocycles. The monoisotopic (exact) mass is 398 g/mol. The Hall–Kier alpha value is -2.54. The molecule has 1 N–H and O–H groups in total. The molecule has 0 radical (unpaired) electrons. The van der Waals surface area contributed by atoms with Crippen LogP contribution in [-0.2, 0) is 22.2 Å². The lowest BCUT2D eigenvalue weighted by Gasteiger charge is -2.20. The van der Waals surface area contributed by atoms with E-state index in [0.717, 1.165) is 17.7 Å². The summed E-state index contributed by atoms with van der Waals surface area (Å²) >= 11 is 5.92. The van der Waals surface area contributed by atoms with Crippen molar-refractivity contribution in [3.05, 3.63) is 64.7 Å². The van der Waals surface area contributed by atoms with Crippen LogP contribution in [-0.4, -0.2) is 29.8 Å². The van der Waals surface area contributed by atoms with Gasteiger partial charge in [-0.1, -0.05) is 23.7 Å². The Labute approximate surface area is 159 Å². The first kappa shape index (κ1) is 20.8. The average Bonchev–Trinajstić information content (AvgIpc) is 2.58. The molecule has 0 saturated carbocycles. The maximum absolute atomic E-state index is 12.6. The summed E-state index contributed by atoms with van der Waals surface area (Å²) in [6.45, 7) is 1.47. The third-order valence-electron chi connectivity index (χ3n) is 3.84. The van der Waals surface area contributed by atoms with Crippen LogP contribution < -0.4 is 5.32 Å². The molecule has 2 aromatic rings. The first-order valence-corrected chi connectivity index (χ1v) is 8.50. The fourth-order valence-electron chi connectivity index (χ4n) is 2.42. The highest BCUT2D eigenvalue weighted by molar-refractivity contribution is 6.30. The number of amides is 2. The topological polar surface area (TPSA) is 49.4 Å². The second kappa shape index (κ2) is 8.90. The molecular formula is C19H18ClF3N2O2. The van der Waals surface area contributed by atoms with Crippen molar-refractivity contribution >= 4 is 29.1 Å². The van der Waals surface area contributed by atoms with E-state index in [9.17, 15) is 22.8 Å². The van der Waals surface area contributed by atoms with Crippen molar-refractivity contribution in [1.82, 2.24) is 4.90 Å². The first-order chi connectivity index (χ1) is 12.6. The highest BCUT2D eigenvalue weighted by Gasteiger charge is 2.30. The minimum Gasteiger partial charge on any atom is -0.333 e. The second-order valence-corrected chi connectivity index (χ2v) is 6.38. The summed E-state index contributed by atoms with van der Waals surface area (Å²) in [6, 6.07) is 11.3. The molecule has 0 atom stereocenters. The van der Waals surface area contributed by atoms with Gasteiger partial charge >= 0.3 is 6.18 Å². The lowest BCUT2D eigenvalue weighted by atomic mass is 10.1. The first-order valence-electron chi connectivity index (χ1n) is 8.12. The van der Waals surface area contributed by atoms with Gasteiger partial charge in [-0.25, -0.2) is 0 Å². The number of hydrogen-bond acceptors (Lipinski definition) is 2. The van der Waals surface area contributed by atoms with Crippen molar-refractivity contribution in [3.63, 3.8) is 0 Å². The number of anilines is 1.